The molecule has 0 aliphatic rings. The standard InChI is InChI=1S/C15H25NO2/c1-4-15(16,11-17)8-5-9-18-14-7-6-12(2)10-13(14)3/h6-7,10,17H,4-5,8-9,11,16H2,1-3H3. The van der Waals surface area contributed by atoms with Gasteiger partial charge in [-0.15, -0.1) is 0 Å². The lowest BCUT2D eigenvalue weighted by molar-refractivity contribution is 0.171. The number of nitrogens with two attached hydrogens (primary N) is 1. The summed E-state index contributed by atoms with van der Waals surface area (Å²) in [5, 5.41) is 9.21. The van der Waals surface area contributed by atoms with Gasteiger partial charge in [-0.3, -0.25) is 0 Å². The first-order chi connectivity index (χ1) is 8.50. The van der Waals surface area contributed by atoms with Gasteiger partial charge < -0.3 is 15.6 Å². The number of ether oxygens (including phenoxy) is 1. The Bertz CT molecular complexity index is 373. The first-order valence-electron chi connectivity index (χ1n) is 6.60. The van der Waals surface area contributed by atoms with E-state index < -0.39 is 5.54 Å². The van der Waals surface area contributed by atoms with Crippen LogP contribution in [0.2, 0.25) is 0 Å². The van der Waals surface area contributed by atoms with Crippen molar-refractivity contribution in [3.05, 3.63) is 29.3 Å². The molecule has 1 aromatic carbocycles. The Morgan fingerprint density at radius 3 is 2.61 bits per heavy atom. The average Bonchev–Trinajstić information content (AvgIpc) is 2.36. The second-order valence-corrected chi connectivity index (χ2v) is 5.10. The minimum Gasteiger partial charge on any atom is -0.493 e. The predicted octanol–water partition coefficient (Wildman–Crippen LogP) is 2.56. The third-order valence-electron chi connectivity index (χ3n) is 3.43. The third-order valence-corrected chi connectivity index (χ3v) is 3.43. The van der Waals surface area contributed by atoms with Gasteiger partial charge in [0, 0.05) is 5.54 Å². The molecule has 1 aromatic rings. The van der Waals surface area contributed by atoms with Crippen LogP contribution in [0.4, 0.5) is 0 Å². The molecule has 3 N–H and O–H groups in total. The Balaban J connectivity index is 2.38. The van der Waals surface area contributed by atoms with Gasteiger partial charge in [-0.1, -0.05) is 24.6 Å². The molecule has 0 bridgehead atoms. The molecule has 0 aliphatic heterocycles. The average molecular weight is 251 g/mol. The van der Waals surface area contributed by atoms with Crippen LogP contribution in [0.5, 0.6) is 5.75 Å². The van der Waals surface area contributed by atoms with Gasteiger partial charge in [0.2, 0.25) is 0 Å². The summed E-state index contributed by atoms with van der Waals surface area (Å²) in [5.74, 6) is 0.934. The maximum Gasteiger partial charge on any atom is 0.122 e. The zero-order chi connectivity index (χ0) is 13.6. The first-order valence-corrected chi connectivity index (χ1v) is 6.60. The fraction of sp³-hybridized carbons (Fsp3) is 0.600. The molecule has 18 heavy (non-hydrogen) atoms. The van der Waals surface area contributed by atoms with Crippen LogP contribution in [0.1, 0.15) is 37.3 Å². The highest BCUT2D eigenvalue weighted by atomic mass is 16.5. The molecule has 0 aliphatic carbocycles. The predicted molar refractivity (Wildman–Crippen MR) is 74.9 cm³/mol. The highest BCUT2D eigenvalue weighted by molar-refractivity contribution is 5.35. The Morgan fingerprint density at radius 2 is 2.06 bits per heavy atom. The molecule has 0 saturated carbocycles. The van der Waals surface area contributed by atoms with E-state index in [-0.39, 0.29) is 6.61 Å². The zero-order valence-electron chi connectivity index (χ0n) is 11.7. The van der Waals surface area contributed by atoms with Crippen LogP contribution in [0.15, 0.2) is 18.2 Å². The minimum absolute atomic E-state index is 0.0348. The number of hydrogen-bond donors (Lipinski definition) is 2. The molecule has 0 fully saturated rings. The van der Waals surface area contributed by atoms with E-state index in [1.165, 1.54) is 5.56 Å². The van der Waals surface area contributed by atoms with Crippen LogP contribution >= 0.6 is 0 Å². The molecule has 0 saturated heterocycles. The minimum atomic E-state index is -0.453. The van der Waals surface area contributed by atoms with Crippen molar-refractivity contribution in [2.45, 2.75) is 45.6 Å². The van der Waals surface area contributed by atoms with Gasteiger partial charge in [-0.05, 0) is 44.7 Å². The monoisotopic (exact) mass is 251 g/mol. The van der Waals surface area contributed by atoms with E-state index in [0.29, 0.717) is 6.61 Å². The molecule has 1 rings (SSSR count). The van der Waals surface area contributed by atoms with Crippen molar-refractivity contribution in [2.24, 2.45) is 5.73 Å². The van der Waals surface area contributed by atoms with Crippen molar-refractivity contribution in [1.29, 1.82) is 0 Å². The molecule has 1 unspecified atom stereocenters. The zero-order valence-corrected chi connectivity index (χ0v) is 11.7. The lowest BCUT2D eigenvalue weighted by Crippen LogP contribution is -2.43. The summed E-state index contributed by atoms with van der Waals surface area (Å²) >= 11 is 0. The van der Waals surface area contributed by atoms with Crippen molar-refractivity contribution in [3.63, 3.8) is 0 Å². The molecule has 3 heteroatoms. The molecule has 3 nitrogen and oxygen atoms in total. The Kier molecular flexibility index (Phi) is 5.63. The Hall–Kier alpha value is -1.06. The van der Waals surface area contributed by atoms with E-state index in [4.69, 9.17) is 10.5 Å². The molecule has 0 radical (unpaired) electrons. The van der Waals surface area contributed by atoms with Crippen LogP contribution in [0.3, 0.4) is 0 Å². The van der Waals surface area contributed by atoms with Gasteiger partial charge in [-0.25, -0.2) is 0 Å². The second-order valence-electron chi connectivity index (χ2n) is 5.10. The molecule has 102 valence electrons. The summed E-state index contributed by atoms with van der Waals surface area (Å²) in [6.07, 6.45) is 2.43. The van der Waals surface area contributed by atoms with Crippen LogP contribution < -0.4 is 10.5 Å². The lowest BCUT2D eigenvalue weighted by Gasteiger charge is -2.25. The van der Waals surface area contributed by atoms with E-state index in [2.05, 4.69) is 26.0 Å². The molecule has 0 aromatic heterocycles. The van der Waals surface area contributed by atoms with Gasteiger partial charge in [0.15, 0.2) is 0 Å². The molecule has 0 amide bonds. The summed E-state index contributed by atoms with van der Waals surface area (Å²) in [7, 11) is 0. The van der Waals surface area contributed by atoms with Crippen LogP contribution in [-0.4, -0.2) is 23.9 Å². The lowest BCUT2D eigenvalue weighted by atomic mass is 9.93. The quantitative estimate of drug-likeness (QED) is 0.732. The highest BCUT2D eigenvalue weighted by Gasteiger charge is 2.20. The second kappa shape index (κ2) is 6.76. The molecular weight excluding hydrogens is 226 g/mol. The molecule has 0 heterocycles. The van der Waals surface area contributed by atoms with E-state index in [1.807, 2.05) is 13.0 Å². The third kappa shape index (κ3) is 4.31. The number of hydrogen-bond acceptors (Lipinski definition) is 3. The van der Waals surface area contributed by atoms with Crippen LogP contribution in [0, 0.1) is 13.8 Å². The van der Waals surface area contributed by atoms with Gasteiger partial charge in [0.05, 0.1) is 13.2 Å². The van der Waals surface area contributed by atoms with Crippen molar-refractivity contribution < 1.29 is 9.84 Å². The number of rotatable bonds is 7. The first kappa shape index (κ1) is 15.0. The van der Waals surface area contributed by atoms with Crippen molar-refractivity contribution in [1.82, 2.24) is 0 Å². The summed E-state index contributed by atoms with van der Waals surface area (Å²) in [6, 6.07) is 6.17. The van der Waals surface area contributed by atoms with Crippen molar-refractivity contribution >= 4 is 0 Å². The molecular formula is C15H25NO2. The van der Waals surface area contributed by atoms with Crippen LogP contribution in [-0.2, 0) is 0 Å². The van der Waals surface area contributed by atoms with Gasteiger partial charge >= 0.3 is 0 Å². The summed E-state index contributed by atoms with van der Waals surface area (Å²) in [4.78, 5) is 0. The van der Waals surface area contributed by atoms with E-state index in [0.717, 1.165) is 30.6 Å². The summed E-state index contributed by atoms with van der Waals surface area (Å²) < 4.78 is 5.74. The number of aliphatic hydroxyl groups excluding tert-OH is 1. The normalized spacial score (nSPS) is 14.3. The number of aliphatic hydroxyl groups is 1. The molecule has 0 spiro atoms. The van der Waals surface area contributed by atoms with E-state index in [9.17, 15) is 5.11 Å². The van der Waals surface area contributed by atoms with Crippen LogP contribution in [0.25, 0.3) is 0 Å². The number of aryl methyl sites for hydroxylation is 2. The fourth-order valence-corrected chi connectivity index (χ4v) is 1.94. The Morgan fingerprint density at radius 1 is 1.33 bits per heavy atom. The Labute approximate surface area is 110 Å². The van der Waals surface area contributed by atoms with Crippen molar-refractivity contribution in [3.8, 4) is 5.75 Å². The summed E-state index contributed by atoms with van der Waals surface area (Å²) in [6.45, 7) is 6.80. The van der Waals surface area contributed by atoms with E-state index in [1.54, 1.807) is 0 Å². The highest BCUT2D eigenvalue weighted by Crippen LogP contribution is 2.20. The maximum atomic E-state index is 9.21. The fourth-order valence-electron chi connectivity index (χ4n) is 1.94. The van der Waals surface area contributed by atoms with Gasteiger partial charge in [-0.2, -0.15) is 0 Å². The number of benzene rings is 1. The van der Waals surface area contributed by atoms with Gasteiger partial charge in [0.1, 0.15) is 5.75 Å². The topological polar surface area (TPSA) is 55.5 Å². The smallest absolute Gasteiger partial charge is 0.122 e. The maximum absolute atomic E-state index is 9.21. The van der Waals surface area contributed by atoms with Crippen molar-refractivity contribution in [2.75, 3.05) is 13.2 Å². The largest absolute Gasteiger partial charge is 0.493 e. The molecule has 1 atom stereocenters. The van der Waals surface area contributed by atoms with E-state index >= 15 is 0 Å². The summed E-state index contributed by atoms with van der Waals surface area (Å²) in [5.41, 5.74) is 7.97. The SMILES string of the molecule is CCC(N)(CO)CCCOc1ccc(C)cc1C. The van der Waals surface area contributed by atoms with Gasteiger partial charge in [0.25, 0.3) is 0 Å².